The van der Waals surface area contributed by atoms with E-state index in [1.165, 1.54) is 0 Å². The van der Waals surface area contributed by atoms with Crippen LogP contribution in [0, 0.1) is 11.7 Å². The molecule has 3 rings (SSSR count). The molecule has 2 N–H and O–H groups in total. The number of ether oxygens (including phenoxy) is 2. The van der Waals surface area contributed by atoms with Gasteiger partial charge in [-0.15, -0.1) is 0 Å². The molecule has 1 amide bonds. The highest BCUT2D eigenvalue weighted by atomic mass is 19.1. The maximum absolute atomic E-state index is 15.4. The van der Waals surface area contributed by atoms with E-state index >= 15 is 4.39 Å². The maximum atomic E-state index is 15.4. The van der Waals surface area contributed by atoms with Gasteiger partial charge in [0.1, 0.15) is 12.2 Å². The molecule has 2 heterocycles. The molecule has 2 aromatic rings. The fraction of sp³-hybridized carbons (Fsp3) is 0.560. The number of carbonyl (C=O) groups excluding carboxylic acids is 1. The molecule has 1 aliphatic heterocycles. The van der Waals surface area contributed by atoms with E-state index in [0.717, 1.165) is 5.56 Å². The summed E-state index contributed by atoms with van der Waals surface area (Å²) in [5.74, 6) is -0.361. The average molecular weight is 460 g/mol. The highest BCUT2D eigenvalue weighted by Crippen LogP contribution is 2.30. The van der Waals surface area contributed by atoms with Crippen molar-refractivity contribution in [2.45, 2.75) is 72.4 Å². The number of nitrogens with zero attached hydrogens (tertiary/aromatic N) is 1. The van der Waals surface area contributed by atoms with E-state index < -0.39 is 23.1 Å². The number of aromatic amines is 1. The zero-order valence-corrected chi connectivity index (χ0v) is 20.5. The first-order valence-electron chi connectivity index (χ1n) is 11.3. The molecule has 8 heteroatoms. The van der Waals surface area contributed by atoms with Gasteiger partial charge in [0.2, 0.25) is 0 Å². The van der Waals surface area contributed by atoms with E-state index in [4.69, 9.17) is 9.47 Å². The molecule has 1 aromatic heterocycles. The number of carbonyl (C=O) groups is 1. The normalized spacial score (nSPS) is 15.6. The Bertz CT molecular complexity index is 1150. The van der Waals surface area contributed by atoms with Gasteiger partial charge >= 0.3 is 6.09 Å². The third-order valence-electron chi connectivity index (χ3n) is 5.48. The summed E-state index contributed by atoms with van der Waals surface area (Å²) in [5, 5.41) is 3.54. The van der Waals surface area contributed by atoms with Crippen molar-refractivity contribution in [2.75, 3.05) is 13.2 Å². The summed E-state index contributed by atoms with van der Waals surface area (Å²) in [4.78, 5) is 32.0. The number of alkyl carbamates (subject to hydrolysis) is 1. The molecular formula is C25H34FN3O4. The second-order valence-electron chi connectivity index (χ2n) is 10.4. The molecule has 0 bridgehead atoms. The monoisotopic (exact) mass is 459 g/mol. The number of aliphatic imine (C=N–C) groups is 1. The van der Waals surface area contributed by atoms with Gasteiger partial charge in [-0.05, 0) is 71.1 Å². The molecule has 0 radical (unpaired) electrons. The fourth-order valence-electron chi connectivity index (χ4n) is 4.38. The van der Waals surface area contributed by atoms with Crippen LogP contribution in [-0.4, -0.2) is 41.1 Å². The third kappa shape index (κ3) is 5.72. The quantitative estimate of drug-likeness (QED) is 0.653. The van der Waals surface area contributed by atoms with Gasteiger partial charge in [-0.2, -0.15) is 0 Å². The molecule has 33 heavy (non-hydrogen) atoms. The van der Waals surface area contributed by atoms with Gasteiger partial charge in [-0.1, -0.05) is 13.8 Å². The summed E-state index contributed by atoms with van der Waals surface area (Å²) in [7, 11) is 0. The van der Waals surface area contributed by atoms with Crippen molar-refractivity contribution in [1.82, 2.24) is 10.3 Å². The Morgan fingerprint density at radius 3 is 2.61 bits per heavy atom. The fourth-order valence-corrected chi connectivity index (χ4v) is 4.38. The molecule has 1 unspecified atom stereocenters. The SMILES string of the molecule is CC1=NCCc2c1c(=O)[nH]c1c(F)c(OCC(C)(CC(C)C)NC(=O)OC(C)(C)C)ccc21. The number of aromatic nitrogens is 1. The number of benzene rings is 1. The Kier molecular flexibility index (Phi) is 6.86. The number of rotatable bonds is 6. The highest BCUT2D eigenvalue weighted by molar-refractivity contribution is 6.04. The summed E-state index contributed by atoms with van der Waals surface area (Å²) in [6.07, 6.45) is 0.630. The molecule has 7 nitrogen and oxygen atoms in total. The predicted octanol–water partition coefficient (Wildman–Crippen LogP) is 4.74. The van der Waals surface area contributed by atoms with Crippen molar-refractivity contribution in [2.24, 2.45) is 10.9 Å². The molecule has 1 atom stereocenters. The Balaban J connectivity index is 1.89. The van der Waals surface area contributed by atoms with Gasteiger partial charge < -0.3 is 19.8 Å². The summed E-state index contributed by atoms with van der Waals surface area (Å²) in [6.45, 7) is 13.7. The Labute approximate surface area is 193 Å². The van der Waals surface area contributed by atoms with Crippen molar-refractivity contribution in [3.05, 3.63) is 39.4 Å². The first kappa shape index (κ1) is 24.7. The largest absolute Gasteiger partial charge is 0.488 e. The molecule has 0 saturated carbocycles. The average Bonchev–Trinajstić information content (AvgIpc) is 2.65. The molecule has 0 fully saturated rings. The van der Waals surface area contributed by atoms with Crippen LogP contribution in [0.4, 0.5) is 9.18 Å². The van der Waals surface area contributed by atoms with E-state index in [1.807, 2.05) is 20.8 Å². The van der Waals surface area contributed by atoms with Crippen molar-refractivity contribution in [3.63, 3.8) is 0 Å². The van der Waals surface area contributed by atoms with E-state index in [-0.39, 0.29) is 29.4 Å². The number of nitrogens with one attached hydrogen (secondary N) is 2. The lowest BCUT2D eigenvalue weighted by atomic mass is 9.91. The summed E-state index contributed by atoms with van der Waals surface area (Å²) < 4.78 is 26.7. The minimum atomic E-state index is -0.783. The van der Waals surface area contributed by atoms with Gasteiger partial charge in [0.25, 0.3) is 5.56 Å². The molecule has 1 aliphatic rings. The smallest absolute Gasteiger partial charge is 0.408 e. The van der Waals surface area contributed by atoms with Crippen molar-refractivity contribution in [3.8, 4) is 5.75 Å². The van der Waals surface area contributed by atoms with Gasteiger partial charge in [0.15, 0.2) is 11.6 Å². The standard InChI is InChI=1S/C25H34FN3O4/c1-14(2)12-25(7,29-23(31)33-24(4,5)6)13-32-18-9-8-17-16-10-11-27-15(3)19(16)22(30)28-21(17)20(18)26/h8-9,14H,10-13H2,1-7H3,(H,28,30)(H,29,31). The zero-order chi connectivity index (χ0) is 24.6. The topological polar surface area (TPSA) is 92.8 Å². The van der Waals surface area contributed by atoms with Crippen LogP contribution < -0.4 is 15.6 Å². The molecular weight excluding hydrogens is 425 g/mol. The minimum Gasteiger partial charge on any atom is -0.488 e. The van der Waals surface area contributed by atoms with Gasteiger partial charge in [-0.3, -0.25) is 9.79 Å². The van der Waals surface area contributed by atoms with Crippen LogP contribution >= 0.6 is 0 Å². The van der Waals surface area contributed by atoms with Crippen molar-refractivity contribution < 1.29 is 18.7 Å². The highest BCUT2D eigenvalue weighted by Gasteiger charge is 2.31. The first-order valence-corrected chi connectivity index (χ1v) is 11.3. The Hall–Kier alpha value is -2.90. The van der Waals surface area contributed by atoms with Crippen LogP contribution in [0.1, 0.15) is 66.0 Å². The van der Waals surface area contributed by atoms with Crippen LogP contribution in [0.5, 0.6) is 5.75 Å². The first-order chi connectivity index (χ1) is 15.3. The lowest BCUT2D eigenvalue weighted by Crippen LogP contribution is -2.52. The lowest BCUT2D eigenvalue weighted by Gasteiger charge is -2.33. The van der Waals surface area contributed by atoms with Crippen molar-refractivity contribution >= 4 is 22.7 Å². The number of hydrogen-bond acceptors (Lipinski definition) is 5. The zero-order valence-electron chi connectivity index (χ0n) is 20.5. The van der Waals surface area contributed by atoms with E-state index in [1.54, 1.807) is 39.8 Å². The lowest BCUT2D eigenvalue weighted by molar-refractivity contribution is 0.0406. The van der Waals surface area contributed by atoms with Crippen LogP contribution in [-0.2, 0) is 11.2 Å². The van der Waals surface area contributed by atoms with Gasteiger partial charge in [0, 0.05) is 17.6 Å². The molecule has 0 saturated heterocycles. The summed E-state index contributed by atoms with van der Waals surface area (Å²) in [6, 6.07) is 3.34. The van der Waals surface area contributed by atoms with Crippen LogP contribution in [0.2, 0.25) is 0 Å². The number of hydrogen-bond donors (Lipinski definition) is 2. The number of halogens is 1. The van der Waals surface area contributed by atoms with Crippen LogP contribution in [0.15, 0.2) is 21.9 Å². The van der Waals surface area contributed by atoms with Crippen LogP contribution in [0.25, 0.3) is 10.9 Å². The molecule has 0 spiro atoms. The number of fused-ring (bicyclic) bond motifs is 3. The summed E-state index contributed by atoms with van der Waals surface area (Å²) >= 11 is 0. The molecule has 0 aliphatic carbocycles. The van der Waals surface area contributed by atoms with E-state index in [0.29, 0.717) is 36.0 Å². The predicted molar refractivity (Wildman–Crippen MR) is 128 cm³/mol. The second-order valence-corrected chi connectivity index (χ2v) is 10.4. The van der Waals surface area contributed by atoms with Crippen LogP contribution in [0.3, 0.4) is 0 Å². The number of pyridine rings is 1. The van der Waals surface area contributed by atoms with Gasteiger partial charge in [0.05, 0.1) is 16.6 Å². The van der Waals surface area contributed by atoms with E-state index in [9.17, 15) is 9.59 Å². The molecule has 1 aromatic carbocycles. The second kappa shape index (κ2) is 9.15. The molecule has 180 valence electrons. The number of amides is 1. The third-order valence-corrected chi connectivity index (χ3v) is 5.48. The Morgan fingerprint density at radius 1 is 1.27 bits per heavy atom. The summed E-state index contributed by atoms with van der Waals surface area (Å²) in [5.41, 5.74) is 0.340. The van der Waals surface area contributed by atoms with Crippen molar-refractivity contribution in [1.29, 1.82) is 0 Å². The number of H-pyrrole nitrogens is 1. The van der Waals surface area contributed by atoms with E-state index in [2.05, 4.69) is 15.3 Å². The Morgan fingerprint density at radius 2 is 1.97 bits per heavy atom. The maximum Gasteiger partial charge on any atom is 0.408 e. The minimum absolute atomic E-state index is 0.0141. The van der Waals surface area contributed by atoms with Gasteiger partial charge in [-0.25, -0.2) is 9.18 Å².